The van der Waals surface area contributed by atoms with Gasteiger partial charge >= 0.3 is 0 Å². The van der Waals surface area contributed by atoms with Crippen molar-refractivity contribution in [2.24, 2.45) is 5.84 Å². The number of hydrazine groups is 1. The highest BCUT2D eigenvalue weighted by molar-refractivity contribution is 6.01. The third-order valence-corrected chi connectivity index (χ3v) is 7.88. The molecule has 0 aromatic heterocycles. The minimum absolute atomic E-state index is 0.0279. The predicted octanol–water partition coefficient (Wildman–Crippen LogP) is 7.60. The number of benzene rings is 3. The summed E-state index contributed by atoms with van der Waals surface area (Å²) in [4.78, 5) is 0. The number of nitrogens with two attached hydrogens (primary N) is 1. The molecule has 5 rings (SSSR count). The third kappa shape index (κ3) is 3.76. The Hall–Kier alpha value is -2.91. The van der Waals surface area contributed by atoms with Crippen LogP contribution in [0.2, 0.25) is 0 Å². The highest BCUT2D eigenvalue weighted by atomic mass is 15.4. The highest BCUT2D eigenvalue weighted by Crippen LogP contribution is 2.46. The summed E-state index contributed by atoms with van der Waals surface area (Å²) in [5.74, 6) is 6.04. The van der Waals surface area contributed by atoms with E-state index in [0.717, 1.165) is 12.2 Å². The van der Waals surface area contributed by atoms with Crippen molar-refractivity contribution < 1.29 is 4.58 Å². The summed E-state index contributed by atoms with van der Waals surface area (Å²) >= 11 is 0. The molecular weight excluding hydrogens is 414 g/mol. The van der Waals surface area contributed by atoms with Gasteiger partial charge in [0.15, 0.2) is 5.71 Å². The van der Waals surface area contributed by atoms with E-state index in [9.17, 15) is 0 Å². The van der Waals surface area contributed by atoms with Crippen LogP contribution in [0.5, 0.6) is 0 Å². The minimum Gasteiger partial charge on any atom is -0.283 e. The maximum atomic E-state index is 6.04. The molecule has 2 aliphatic rings. The van der Waals surface area contributed by atoms with Crippen LogP contribution < -0.4 is 10.9 Å². The van der Waals surface area contributed by atoms with Gasteiger partial charge in [0.05, 0.1) is 11.1 Å². The first-order valence-electron chi connectivity index (χ1n) is 12.6. The Bertz CT molecular complexity index is 1280. The Morgan fingerprint density at radius 3 is 2.26 bits per heavy atom. The zero-order valence-electron chi connectivity index (χ0n) is 21.9. The normalized spacial score (nSPS) is 18.7. The zero-order chi connectivity index (χ0) is 24.7. The first-order chi connectivity index (χ1) is 16.2. The minimum atomic E-state index is 0.0279. The van der Waals surface area contributed by atoms with Gasteiger partial charge in [-0.3, -0.25) is 5.01 Å². The van der Waals surface area contributed by atoms with E-state index in [1.807, 2.05) is 13.0 Å². The van der Waals surface area contributed by atoms with Gasteiger partial charge in [0.2, 0.25) is 5.69 Å². The summed E-state index contributed by atoms with van der Waals surface area (Å²) in [5.41, 5.74) is 8.14. The van der Waals surface area contributed by atoms with Gasteiger partial charge in [-0.05, 0) is 49.2 Å². The molecule has 2 N–H and O–H groups in total. The van der Waals surface area contributed by atoms with E-state index >= 15 is 0 Å². The third-order valence-electron chi connectivity index (χ3n) is 7.88. The van der Waals surface area contributed by atoms with Crippen LogP contribution in [0, 0.1) is 0 Å². The Morgan fingerprint density at radius 2 is 1.59 bits per heavy atom. The van der Waals surface area contributed by atoms with Crippen LogP contribution in [-0.2, 0) is 10.8 Å². The lowest BCUT2D eigenvalue weighted by molar-refractivity contribution is -0.439. The van der Waals surface area contributed by atoms with E-state index in [0.29, 0.717) is 0 Å². The van der Waals surface area contributed by atoms with E-state index in [1.54, 1.807) is 5.01 Å². The number of hydrogen-bond donors (Lipinski definition) is 1. The summed E-state index contributed by atoms with van der Waals surface area (Å²) in [5, 5.41) is 4.55. The second-order valence-electron chi connectivity index (χ2n) is 10.6. The van der Waals surface area contributed by atoms with Crippen molar-refractivity contribution in [3.05, 3.63) is 83.6 Å². The second-order valence-corrected chi connectivity index (χ2v) is 10.6. The first-order valence-corrected chi connectivity index (χ1v) is 12.6. The number of fused-ring (bicyclic) bond motifs is 4. The molecule has 0 fully saturated rings. The van der Waals surface area contributed by atoms with Gasteiger partial charge in [-0.2, -0.15) is 4.58 Å². The number of para-hydroxylation sites is 1. The molecule has 0 aliphatic carbocycles. The average molecular weight is 455 g/mol. The van der Waals surface area contributed by atoms with Gasteiger partial charge in [-0.15, -0.1) is 0 Å². The number of anilines is 1. The molecule has 3 nitrogen and oxygen atoms in total. The maximum absolute atomic E-state index is 6.04. The van der Waals surface area contributed by atoms with Crippen LogP contribution in [0.3, 0.4) is 0 Å². The second kappa shape index (κ2) is 9.03. The first kappa shape index (κ1) is 24.2. The lowest BCUT2D eigenvalue weighted by Crippen LogP contribution is -2.31. The summed E-state index contributed by atoms with van der Waals surface area (Å²) in [7, 11) is 0. The topological polar surface area (TPSA) is 32.3 Å². The van der Waals surface area contributed by atoms with Gasteiger partial charge in [0.1, 0.15) is 6.54 Å². The maximum Gasteiger partial charge on any atom is 0.210 e. The van der Waals surface area contributed by atoms with Gasteiger partial charge in [0.25, 0.3) is 0 Å². The predicted molar refractivity (Wildman–Crippen MR) is 147 cm³/mol. The van der Waals surface area contributed by atoms with E-state index in [4.69, 9.17) is 5.84 Å². The molecule has 0 amide bonds. The van der Waals surface area contributed by atoms with Crippen LogP contribution in [0.1, 0.15) is 72.4 Å². The van der Waals surface area contributed by atoms with Crippen molar-refractivity contribution >= 4 is 27.9 Å². The van der Waals surface area contributed by atoms with E-state index in [1.165, 1.54) is 51.8 Å². The molecular formula is C31H40N3+. The lowest BCUT2D eigenvalue weighted by Gasteiger charge is -2.22. The van der Waals surface area contributed by atoms with E-state index in [2.05, 4.69) is 107 Å². The number of rotatable bonds is 3. The monoisotopic (exact) mass is 454 g/mol. The molecule has 0 spiro atoms. The van der Waals surface area contributed by atoms with Crippen molar-refractivity contribution in [1.82, 2.24) is 0 Å². The molecule has 34 heavy (non-hydrogen) atoms. The zero-order valence-corrected chi connectivity index (χ0v) is 21.9. The standard InChI is InChI=1S/C19H24N.C12H16N2/c1-5-6-13-20-14(2)19(3,4)18-16-10-8-7-9-15(16)11-12-17(18)20;1-4-11-12(2,3)9-7-5-6-8-10(9)14(11)13/h7-12H,5-6,13H2,1-4H3;4-8H,13H2,1-3H3/q+1;. The fourth-order valence-corrected chi connectivity index (χ4v) is 5.73. The molecule has 3 heteroatoms. The SMILES string of the molecule is CC=C1N(N)c2ccccc2C1(C)C.CCCC[N+]1=C(C)C(C)(C)c2c1ccc1ccccc21. The van der Waals surface area contributed by atoms with Gasteiger partial charge in [-0.1, -0.05) is 75.7 Å². The summed E-state index contributed by atoms with van der Waals surface area (Å²) < 4.78 is 2.53. The van der Waals surface area contributed by atoms with Gasteiger partial charge in [0, 0.05) is 36.1 Å². The van der Waals surface area contributed by atoms with E-state index in [-0.39, 0.29) is 10.8 Å². The van der Waals surface area contributed by atoms with Crippen molar-refractivity contribution in [1.29, 1.82) is 0 Å². The van der Waals surface area contributed by atoms with Crippen LogP contribution in [0.4, 0.5) is 11.4 Å². The summed E-state index contributed by atoms with van der Waals surface area (Å²) in [6, 6.07) is 21.6. The van der Waals surface area contributed by atoms with Crippen molar-refractivity contribution in [2.75, 3.05) is 11.6 Å². The van der Waals surface area contributed by atoms with Crippen LogP contribution >= 0.6 is 0 Å². The highest BCUT2D eigenvalue weighted by Gasteiger charge is 2.43. The van der Waals surface area contributed by atoms with E-state index < -0.39 is 0 Å². The number of allylic oxidation sites excluding steroid dienone is 2. The molecule has 178 valence electrons. The largest absolute Gasteiger partial charge is 0.283 e. The number of hydrogen-bond acceptors (Lipinski definition) is 2. The number of unbranched alkanes of at least 4 members (excludes halogenated alkanes) is 1. The van der Waals surface area contributed by atoms with Crippen molar-refractivity contribution in [3.8, 4) is 0 Å². The Morgan fingerprint density at radius 1 is 0.912 bits per heavy atom. The number of nitrogens with zero attached hydrogens (tertiary/aromatic N) is 2. The average Bonchev–Trinajstić information content (AvgIpc) is 3.15. The Labute approximate surface area is 205 Å². The summed E-state index contributed by atoms with van der Waals surface area (Å²) in [6.45, 7) is 16.9. The van der Waals surface area contributed by atoms with Crippen molar-refractivity contribution in [2.45, 2.75) is 72.1 Å². The molecule has 0 saturated carbocycles. The van der Waals surface area contributed by atoms with Gasteiger partial charge in [-0.25, -0.2) is 5.84 Å². The Kier molecular flexibility index (Phi) is 6.44. The molecule has 0 saturated heterocycles. The fourth-order valence-electron chi connectivity index (χ4n) is 5.73. The van der Waals surface area contributed by atoms with Crippen molar-refractivity contribution in [3.63, 3.8) is 0 Å². The molecule has 0 radical (unpaired) electrons. The molecule has 0 bridgehead atoms. The molecule has 3 aromatic rings. The van der Waals surface area contributed by atoms with Crippen LogP contribution in [-0.4, -0.2) is 16.8 Å². The molecule has 2 heterocycles. The molecule has 2 aliphatic heterocycles. The fraction of sp³-hybridized carbons (Fsp3) is 0.387. The van der Waals surface area contributed by atoms with Crippen LogP contribution in [0.25, 0.3) is 10.8 Å². The molecule has 3 aromatic carbocycles. The molecule has 0 atom stereocenters. The Balaban J connectivity index is 0.000000172. The van der Waals surface area contributed by atoms with Gasteiger partial charge < -0.3 is 0 Å². The lowest BCUT2D eigenvalue weighted by atomic mass is 9.80. The smallest absolute Gasteiger partial charge is 0.210 e. The molecule has 0 unspecified atom stereocenters. The summed E-state index contributed by atoms with van der Waals surface area (Å²) in [6.07, 6.45) is 4.58. The van der Waals surface area contributed by atoms with Crippen LogP contribution in [0.15, 0.2) is 72.4 Å². The quantitative estimate of drug-likeness (QED) is 0.326.